The number of fused-ring (bicyclic) bond motifs is 3. The average molecular weight is 252 g/mol. The number of hydrogen-bond donors (Lipinski definition) is 0. The zero-order valence-corrected chi connectivity index (χ0v) is 12.0. The molecule has 4 aliphatic carbocycles. The van der Waals surface area contributed by atoms with E-state index in [9.17, 15) is 0 Å². The molecule has 4 aliphatic rings. The smallest absolute Gasteiger partial charge is 0.0125 e. The van der Waals surface area contributed by atoms with Crippen LogP contribution in [0.2, 0.25) is 0 Å². The zero-order chi connectivity index (χ0) is 12.7. The van der Waals surface area contributed by atoms with Crippen molar-refractivity contribution in [3.63, 3.8) is 0 Å². The van der Waals surface area contributed by atoms with Crippen molar-refractivity contribution in [1.82, 2.24) is 0 Å². The number of rotatable bonds is 0. The third-order valence-electron chi connectivity index (χ3n) is 7.65. The van der Waals surface area contributed by atoms with Crippen molar-refractivity contribution < 1.29 is 0 Å². The summed E-state index contributed by atoms with van der Waals surface area (Å²) < 4.78 is 0. The summed E-state index contributed by atoms with van der Waals surface area (Å²) >= 11 is 0. The van der Waals surface area contributed by atoms with Gasteiger partial charge in [0.1, 0.15) is 0 Å². The summed E-state index contributed by atoms with van der Waals surface area (Å²) in [5.74, 6) is 3.03. The largest absolute Gasteiger partial charge is 0.0620 e. The summed E-state index contributed by atoms with van der Waals surface area (Å²) in [6, 6.07) is 9.33. The standard InChI is InChI=1S/C19H24/c1-18-10-8-14-12-19(14,18)17-7-6-13-4-2-3-5-15(13)16(17)9-11-18/h2-5,14,16-17H,6-12H2,1H3/t14-,16-,17-,18+,19+/m1/s1. The molecule has 5 rings (SSSR count). The molecule has 0 nitrogen and oxygen atoms in total. The first-order valence-electron chi connectivity index (χ1n) is 8.32. The Labute approximate surface area is 116 Å². The van der Waals surface area contributed by atoms with Gasteiger partial charge in [0.25, 0.3) is 0 Å². The van der Waals surface area contributed by atoms with E-state index in [-0.39, 0.29) is 0 Å². The number of benzene rings is 1. The van der Waals surface area contributed by atoms with Gasteiger partial charge in [-0.15, -0.1) is 0 Å². The molecule has 0 amide bonds. The molecule has 5 atom stereocenters. The molecule has 0 N–H and O–H groups in total. The molecule has 1 aromatic rings. The van der Waals surface area contributed by atoms with Gasteiger partial charge in [-0.3, -0.25) is 0 Å². The van der Waals surface area contributed by atoms with Crippen LogP contribution < -0.4 is 0 Å². The van der Waals surface area contributed by atoms with Gasteiger partial charge in [0.2, 0.25) is 0 Å². The molecule has 0 heteroatoms. The maximum Gasteiger partial charge on any atom is -0.0125 e. The summed E-state index contributed by atoms with van der Waals surface area (Å²) in [6.45, 7) is 2.64. The molecule has 0 aliphatic heterocycles. The van der Waals surface area contributed by atoms with E-state index in [4.69, 9.17) is 0 Å². The van der Waals surface area contributed by atoms with Crippen LogP contribution >= 0.6 is 0 Å². The molecule has 1 aromatic carbocycles. The third kappa shape index (κ3) is 1.14. The van der Waals surface area contributed by atoms with Crippen molar-refractivity contribution in [3.05, 3.63) is 35.4 Å². The molecule has 3 fully saturated rings. The predicted octanol–water partition coefficient (Wildman–Crippen LogP) is 4.93. The fraction of sp³-hybridized carbons (Fsp3) is 0.684. The Morgan fingerprint density at radius 2 is 1.89 bits per heavy atom. The van der Waals surface area contributed by atoms with E-state index < -0.39 is 0 Å². The lowest BCUT2D eigenvalue weighted by molar-refractivity contribution is 0.0206. The highest BCUT2D eigenvalue weighted by Crippen LogP contribution is 2.81. The van der Waals surface area contributed by atoms with Gasteiger partial charge in [0, 0.05) is 0 Å². The summed E-state index contributed by atoms with van der Waals surface area (Å²) in [7, 11) is 0. The first kappa shape index (κ1) is 10.9. The fourth-order valence-electron chi connectivity index (χ4n) is 6.73. The van der Waals surface area contributed by atoms with E-state index in [2.05, 4.69) is 31.2 Å². The minimum atomic E-state index is 0.713. The molecule has 3 saturated carbocycles. The first-order valence-corrected chi connectivity index (χ1v) is 8.32. The second-order valence-electron chi connectivity index (χ2n) is 8.03. The highest BCUT2D eigenvalue weighted by Gasteiger charge is 2.73. The van der Waals surface area contributed by atoms with Crippen LogP contribution in [0.5, 0.6) is 0 Å². The topological polar surface area (TPSA) is 0 Å². The first-order chi connectivity index (χ1) is 9.25. The predicted molar refractivity (Wildman–Crippen MR) is 78.1 cm³/mol. The van der Waals surface area contributed by atoms with E-state index in [1.165, 1.54) is 32.1 Å². The Morgan fingerprint density at radius 3 is 2.79 bits per heavy atom. The Hall–Kier alpha value is -0.780. The van der Waals surface area contributed by atoms with E-state index in [1.54, 1.807) is 24.0 Å². The Morgan fingerprint density at radius 1 is 1.05 bits per heavy atom. The lowest BCUT2D eigenvalue weighted by Crippen LogP contribution is -2.43. The van der Waals surface area contributed by atoms with Crippen LogP contribution in [0.25, 0.3) is 0 Å². The molecule has 0 bridgehead atoms. The van der Waals surface area contributed by atoms with Crippen LogP contribution in [0.4, 0.5) is 0 Å². The molecule has 0 unspecified atom stereocenters. The van der Waals surface area contributed by atoms with Crippen molar-refractivity contribution in [2.75, 3.05) is 0 Å². The normalized spacial score (nSPS) is 49.8. The number of aryl methyl sites for hydroxylation is 1. The van der Waals surface area contributed by atoms with Crippen LogP contribution in [0, 0.1) is 22.7 Å². The van der Waals surface area contributed by atoms with Gasteiger partial charge in [0.15, 0.2) is 0 Å². The van der Waals surface area contributed by atoms with Crippen molar-refractivity contribution in [2.24, 2.45) is 22.7 Å². The lowest BCUT2D eigenvalue weighted by Gasteiger charge is -2.51. The lowest BCUT2D eigenvalue weighted by atomic mass is 9.53. The highest BCUT2D eigenvalue weighted by atomic mass is 14.8. The SMILES string of the molecule is C[C@@]12CC[C@@H]3C[C@@]31[C@@H]1CCc3ccccc3[C@H]1CC2. The summed E-state index contributed by atoms with van der Waals surface area (Å²) in [5, 5.41) is 0. The van der Waals surface area contributed by atoms with Gasteiger partial charge < -0.3 is 0 Å². The van der Waals surface area contributed by atoms with Crippen LogP contribution in [0.3, 0.4) is 0 Å². The summed E-state index contributed by atoms with van der Waals surface area (Å²) in [6.07, 6.45) is 10.4. The summed E-state index contributed by atoms with van der Waals surface area (Å²) in [5.41, 5.74) is 4.89. The van der Waals surface area contributed by atoms with Gasteiger partial charge in [-0.1, -0.05) is 31.2 Å². The Balaban J connectivity index is 1.62. The maximum absolute atomic E-state index is 2.64. The minimum Gasteiger partial charge on any atom is -0.0620 e. The van der Waals surface area contributed by atoms with Gasteiger partial charge in [0.05, 0.1) is 0 Å². The van der Waals surface area contributed by atoms with Crippen LogP contribution in [0.1, 0.15) is 62.5 Å². The van der Waals surface area contributed by atoms with Crippen molar-refractivity contribution >= 4 is 0 Å². The van der Waals surface area contributed by atoms with Gasteiger partial charge in [-0.25, -0.2) is 0 Å². The van der Waals surface area contributed by atoms with E-state index in [0.29, 0.717) is 5.41 Å². The monoisotopic (exact) mass is 252 g/mol. The van der Waals surface area contributed by atoms with Gasteiger partial charge in [-0.05, 0) is 84.7 Å². The van der Waals surface area contributed by atoms with Crippen LogP contribution in [-0.2, 0) is 6.42 Å². The molecular weight excluding hydrogens is 228 g/mol. The second kappa shape index (κ2) is 3.27. The summed E-state index contributed by atoms with van der Waals surface area (Å²) in [4.78, 5) is 0. The maximum atomic E-state index is 2.64. The molecule has 0 saturated heterocycles. The van der Waals surface area contributed by atoms with E-state index in [1.807, 2.05) is 0 Å². The van der Waals surface area contributed by atoms with Crippen molar-refractivity contribution in [2.45, 2.75) is 57.8 Å². The molecular formula is C19H24. The Kier molecular flexibility index (Phi) is 1.88. The van der Waals surface area contributed by atoms with Gasteiger partial charge in [-0.2, -0.15) is 0 Å². The molecule has 0 aromatic heterocycles. The minimum absolute atomic E-state index is 0.713. The second-order valence-corrected chi connectivity index (χ2v) is 8.03. The van der Waals surface area contributed by atoms with Crippen molar-refractivity contribution in [1.29, 1.82) is 0 Å². The highest BCUT2D eigenvalue weighted by molar-refractivity contribution is 5.37. The van der Waals surface area contributed by atoms with Gasteiger partial charge >= 0.3 is 0 Å². The van der Waals surface area contributed by atoms with E-state index >= 15 is 0 Å². The quantitative estimate of drug-likeness (QED) is 0.614. The number of hydrogen-bond acceptors (Lipinski definition) is 0. The Bertz CT molecular complexity index is 545. The van der Waals surface area contributed by atoms with Crippen LogP contribution in [0.15, 0.2) is 24.3 Å². The molecule has 100 valence electrons. The molecule has 19 heavy (non-hydrogen) atoms. The van der Waals surface area contributed by atoms with Crippen LogP contribution in [-0.4, -0.2) is 0 Å². The van der Waals surface area contributed by atoms with E-state index in [0.717, 1.165) is 23.2 Å². The molecule has 0 radical (unpaired) electrons. The average Bonchev–Trinajstić information content (AvgIpc) is 3.10. The van der Waals surface area contributed by atoms with Crippen molar-refractivity contribution in [3.8, 4) is 0 Å². The molecule has 0 heterocycles. The zero-order valence-electron chi connectivity index (χ0n) is 12.0. The fourth-order valence-corrected chi connectivity index (χ4v) is 6.73. The third-order valence-corrected chi connectivity index (χ3v) is 7.65. The molecule has 1 spiro atoms.